The highest BCUT2D eigenvalue weighted by molar-refractivity contribution is 6.30. The summed E-state index contributed by atoms with van der Waals surface area (Å²) in [6.07, 6.45) is 0.864. The quantitative estimate of drug-likeness (QED) is 0.656. The smallest absolute Gasteiger partial charge is 0.407 e. The topological polar surface area (TPSA) is 87.7 Å². The van der Waals surface area contributed by atoms with Crippen molar-refractivity contribution in [2.24, 2.45) is 5.92 Å². The molecule has 1 atom stereocenters. The van der Waals surface area contributed by atoms with Crippen molar-refractivity contribution in [2.75, 3.05) is 26.2 Å². The average molecular weight is 410 g/mol. The zero-order chi connectivity index (χ0) is 20.5. The minimum atomic E-state index is -0.622. The van der Waals surface area contributed by atoms with E-state index in [0.717, 1.165) is 12.0 Å². The second-order valence-corrected chi connectivity index (χ2v) is 7.71. The first-order valence-electron chi connectivity index (χ1n) is 9.58. The van der Waals surface area contributed by atoms with Crippen molar-refractivity contribution in [3.8, 4) is 0 Å². The number of halogens is 1. The average Bonchev–Trinajstić information content (AvgIpc) is 3.05. The van der Waals surface area contributed by atoms with Crippen molar-refractivity contribution in [3.63, 3.8) is 0 Å². The molecule has 8 heteroatoms. The largest absolute Gasteiger partial charge is 0.448 e. The summed E-state index contributed by atoms with van der Waals surface area (Å²) in [6.45, 7) is 5.79. The third-order valence-electron chi connectivity index (χ3n) is 4.43. The number of carbonyl (C=O) groups excluding carboxylic acids is 3. The van der Waals surface area contributed by atoms with Gasteiger partial charge >= 0.3 is 6.09 Å². The summed E-state index contributed by atoms with van der Waals surface area (Å²) in [4.78, 5) is 37.7. The van der Waals surface area contributed by atoms with E-state index in [1.165, 1.54) is 0 Å². The molecule has 1 aliphatic heterocycles. The molecule has 154 valence electrons. The number of alkyl carbamates (subject to hydrolysis) is 1. The van der Waals surface area contributed by atoms with E-state index in [1.54, 1.807) is 29.2 Å². The summed E-state index contributed by atoms with van der Waals surface area (Å²) in [7, 11) is 0. The molecule has 0 aromatic heterocycles. The molecule has 1 aliphatic rings. The normalized spacial score (nSPS) is 14.9. The maximum Gasteiger partial charge on any atom is 0.407 e. The van der Waals surface area contributed by atoms with Crippen molar-refractivity contribution >= 4 is 29.5 Å². The number of benzene rings is 1. The minimum Gasteiger partial charge on any atom is -0.448 e. The molecule has 0 saturated carbocycles. The van der Waals surface area contributed by atoms with Crippen LogP contribution in [0.2, 0.25) is 5.02 Å². The Kier molecular flexibility index (Phi) is 8.57. The summed E-state index contributed by atoms with van der Waals surface area (Å²) in [5.74, 6) is 0.269. The molecule has 1 saturated heterocycles. The van der Waals surface area contributed by atoms with Crippen LogP contribution in [0.15, 0.2) is 24.3 Å². The number of ether oxygens (including phenoxy) is 1. The Morgan fingerprint density at radius 1 is 1.25 bits per heavy atom. The molecule has 3 amide bonds. The Morgan fingerprint density at radius 2 is 1.96 bits per heavy atom. The maximum absolute atomic E-state index is 12.2. The Balaban J connectivity index is 1.90. The van der Waals surface area contributed by atoms with Crippen LogP contribution in [0.3, 0.4) is 0 Å². The van der Waals surface area contributed by atoms with Crippen molar-refractivity contribution in [3.05, 3.63) is 34.9 Å². The Morgan fingerprint density at radius 3 is 2.57 bits per heavy atom. The van der Waals surface area contributed by atoms with E-state index in [-0.39, 0.29) is 24.8 Å². The van der Waals surface area contributed by atoms with Gasteiger partial charge in [0.05, 0.1) is 19.0 Å². The van der Waals surface area contributed by atoms with Gasteiger partial charge in [0.1, 0.15) is 6.61 Å². The SMILES string of the molecule is CC(C)CNC(=O)CC(NC(=O)OCCN1CCCC1=O)c1ccc(Cl)cc1. The molecule has 1 unspecified atom stereocenters. The number of amides is 3. The van der Waals surface area contributed by atoms with Gasteiger partial charge in [-0.2, -0.15) is 0 Å². The summed E-state index contributed by atoms with van der Waals surface area (Å²) >= 11 is 5.93. The number of nitrogens with one attached hydrogen (secondary N) is 2. The molecule has 0 aliphatic carbocycles. The van der Waals surface area contributed by atoms with E-state index in [1.807, 2.05) is 13.8 Å². The first-order valence-corrected chi connectivity index (χ1v) is 9.96. The van der Waals surface area contributed by atoms with Gasteiger partial charge in [0.2, 0.25) is 11.8 Å². The van der Waals surface area contributed by atoms with Crippen LogP contribution in [0.5, 0.6) is 0 Å². The van der Waals surface area contributed by atoms with Crippen LogP contribution in [-0.4, -0.2) is 49.0 Å². The summed E-state index contributed by atoms with van der Waals surface area (Å²) in [5.41, 5.74) is 0.760. The minimum absolute atomic E-state index is 0.0878. The van der Waals surface area contributed by atoms with Gasteiger partial charge in [-0.25, -0.2) is 4.79 Å². The fourth-order valence-electron chi connectivity index (χ4n) is 2.90. The maximum atomic E-state index is 12.2. The third-order valence-corrected chi connectivity index (χ3v) is 4.68. The molecular weight excluding hydrogens is 382 g/mol. The summed E-state index contributed by atoms with van der Waals surface area (Å²) in [6, 6.07) is 6.42. The molecule has 0 bridgehead atoms. The van der Waals surface area contributed by atoms with E-state index in [2.05, 4.69) is 10.6 Å². The molecular formula is C20H28ClN3O4. The van der Waals surface area contributed by atoms with Crippen LogP contribution >= 0.6 is 11.6 Å². The second kappa shape index (κ2) is 10.9. The second-order valence-electron chi connectivity index (χ2n) is 7.27. The van der Waals surface area contributed by atoms with E-state index < -0.39 is 12.1 Å². The first kappa shape index (κ1) is 22.0. The number of carbonyl (C=O) groups is 3. The highest BCUT2D eigenvalue weighted by Gasteiger charge is 2.22. The lowest BCUT2D eigenvalue weighted by atomic mass is 10.0. The van der Waals surface area contributed by atoms with Crippen molar-refractivity contribution in [1.29, 1.82) is 0 Å². The number of rotatable bonds is 9. The lowest BCUT2D eigenvalue weighted by molar-refractivity contribution is -0.128. The van der Waals surface area contributed by atoms with Gasteiger partial charge in [0.25, 0.3) is 0 Å². The zero-order valence-corrected chi connectivity index (χ0v) is 17.1. The van der Waals surface area contributed by atoms with Crippen LogP contribution in [0.25, 0.3) is 0 Å². The van der Waals surface area contributed by atoms with Gasteiger partial charge in [-0.1, -0.05) is 37.6 Å². The first-order chi connectivity index (χ1) is 13.3. The van der Waals surface area contributed by atoms with Crippen LogP contribution < -0.4 is 10.6 Å². The standard InChI is InChI=1S/C20H28ClN3O4/c1-14(2)13-22-18(25)12-17(15-5-7-16(21)8-6-15)23-20(27)28-11-10-24-9-3-4-19(24)26/h5-8,14,17H,3-4,9-13H2,1-2H3,(H,22,25)(H,23,27). The molecule has 7 nitrogen and oxygen atoms in total. The predicted octanol–water partition coefficient (Wildman–Crippen LogP) is 2.89. The van der Waals surface area contributed by atoms with Crippen LogP contribution in [0.1, 0.15) is 44.7 Å². The Hall–Kier alpha value is -2.28. The lowest BCUT2D eigenvalue weighted by Gasteiger charge is -2.20. The van der Waals surface area contributed by atoms with E-state index >= 15 is 0 Å². The van der Waals surface area contributed by atoms with Crippen LogP contribution in [-0.2, 0) is 14.3 Å². The summed E-state index contributed by atoms with van der Waals surface area (Å²) < 4.78 is 5.21. The molecule has 2 rings (SSSR count). The van der Waals surface area contributed by atoms with Crippen molar-refractivity contribution in [2.45, 2.75) is 39.2 Å². The number of likely N-dealkylation sites (tertiary alicyclic amines) is 1. The Labute approximate surface area is 170 Å². The fraction of sp³-hybridized carbons (Fsp3) is 0.550. The van der Waals surface area contributed by atoms with Crippen molar-refractivity contribution in [1.82, 2.24) is 15.5 Å². The monoisotopic (exact) mass is 409 g/mol. The fourth-order valence-corrected chi connectivity index (χ4v) is 3.02. The predicted molar refractivity (Wildman–Crippen MR) is 107 cm³/mol. The van der Waals surface area contributed by atoms with E-state index in [4.69, 9.17) is 16.3 Å². The zero-order valence-electron chi connectivity index (χ0n) is 16.4. The molecule has 0 spiro atoms. The van der Waals surface area contributed by atoms with Gasteiger partial charge < -0.3 is 20.3 Å². The summed E-state index contributed by atoms with van der Waals surface area (Å²) in [5, 5.41) is 6.16. The van der Waals surface area contributed by atoms with Gasteiger partial charge in [-0.15, -0.1) is 0 Å². The number of hydrogen-bond acceptors (Lipinski definition) is 4. The number of nitrogens with zero attached hydrogens (tertiary/aromatic N) is 1. The van der Waals surface area contributed by atoms with E-state index in [9.17, 15) is 14.4 Å². The van der Waals surface area contributed by atoms with E-state index in [0.29, 0.717) is 37.0 Å². The lowest BCUT2D eigenvalue weighted by Crippen LogP contribution is -2.36. The molecule has 2 N–H and O–H groups in total. The van der Waals surface area contributed by atoms with Gasteiger partial charge in [-0.05, 0) is 30.0 Å². The molecule has 1 fully saturated rings. The third kappa shape index (κ3) is 7.38. The molecule has 1 aromatic rings. The molecule has 28 heavy (non-hydrogen) atoms. The highest BCUT2D eigenvalue weighted by Crippen LogP contribution is 2.20. The van der Waals surface area contributed by atoms with Gasteiger partial charge in [0, 0.05) is 24.5 Å². The highest BCUT2D eigenvalue weighted by atomic mass is 35.5. The van der Waals surface area contributed by atoms with Crippen LogP contribution in [0, 0.1) is 5.92 Å². The van der Waals surface area contributed by atoms with Crippen molar-refractivity contribution < 1.29 is 19.1 Å². The van der Waals surface area contributed by atoms with Crippen LogP contribution in [0.4, 0.5) is 4.79 Å². The van der Waals surface area contributed by atoms with Gasteiger partial charge in [-0.3, -0.25) is 9.59 Å². The Bertz CT molecular complexity index is 679. The van der Waals surface area contributed by atoms with Gasteiger partial charge in [0.15, 0.2) is 0 Å². The molecule has 0 radical (unpaired) electrons. The molecule has 1 aromatic carbocycles. The number of hydrogen-bond donors (Lipinski definition) is 2. The molecule has 1 heterocycles.